The van der Waals surface area contributed by atoms with E-state index < -0.39 is 10.0 Å². The molecule has 6 nitrogen and oxygen atoms in total. The third-order valence-electron chi connectivity index (χ3n) is 4.99. The van der Waals surface area contributed by atoms with Crippen LogP contribution in [0.25, 0.3) is 0 Å². The van der Waals surface area contributed by atoms with E-state index in [4.69, 9.17) is 5.84 Å². The van der Waals surface area contributed by atoms with Gasteiger partial charge in [-0.2, -0.15) is 0 Å². The molecule has 112 valence electrons. The van der Waals surface area contributed by atoms with Gasteiger partial charge in [0.2, 0.25) is 10.0 Å². The summed E-state index contributed by atoms with van der Waals surface area (Å²) >= 11 is 0. The zero-order chi connectivity index (χ0) is 15.2. The van der Waals surface area contributed by atoms with Crippen LogP contribution >= 0.6 is 0 Å². The number of nitrogens with zero attached hydrogens (tertiary/aromatic N) is 1. The number of anilines is 1. The Hall–Kier alpha value is -1.18. The number of nitrogens with two attached hydrogens (primary N) is 1. The molecule has 1 aromatic rings. The molecule has 0 atom stereocenters. The van der Waals surface area contributed by atoms with Crippen LogP contribution in [0.4, 0.5) is 5.82 Å². The Morgan fingerprint density at radius 3 is 2.25 bits per heavy atom. The number of hydrogen-bond acceptors (Lipinski definition) is 5. The van der Waals surface area contributed by atoms with Gasteiger partial charge in [0.1, 0.15) is 10.7 Å². The molecular formula is C13H22N4O2S. The maximum Gasteiger partial charge on any atom is 0.242 e. The van der Waals surface area contributed by atoms with Crippen LogP contribution in [-0.2, 0) is 10.0 Å². The Labute approximate surface area is 120 Å². The van der Waals surface area contributed by atoms with Crippen molar-refractivity contribution in [1.82, 2.24) is 9.71 Å². The number of sulfonamides is 1. The Kier molecular flexibility index (Phi) is 3.56. The summed E-state index contributed by atoms with van der Waals surface area (Å²) in [5.41, 5.74) is 2.67. The Morgan fingerprint density at radius 2 is 1.85 bits per heavy atom. The summed E-state index contributed by atoms with van der Waals surface area (Å²) in [5, 5.41) is 0. The molecule has 4 N–H and O–H groups in total. The molecule has 0 aromatic carbocycles. The Balaban J connectivity index is 2.05. The van der Waals surface area contributed by atoms with E-state index in [-0.39, 0.29) is 15.7 Å². The molecule has 0 saturated heterocycles. The van der Waals surface area contributed by atoms with E-state index in [0.29, 0.717) is 18.3 Å². The molecule has 0 spiro atoms. The summed E-state index contributed by atoms with van der Waals surface area (Å²) in [6.07, 6.45) is 1.29. The molecular weight excluding hydrogens is 276 g/mol. The molecule has 0 radical (unpaired) electrons. The van der Waals surface area contributed by atoms with Crippen molar-refractivity contribution in [1.29, 1.82) is 0 Å². The van der Waals surface area contributed by atoms with Crippen molar-refractivity contribution in [3.63, 3.8) is 0 Å². The molecule has 0 bridgehead atoms. The molecule has 1 fully saturated rings. The smallest absolute Gasteiger partial charge is 0.242 e. The van der Waals surface area contributed by atoms with Crippen LogP contribution in [0.5, 0.6) is 0 Å². The highest BCUT2D eigenvalue weighted by atomic mass is 32.2. The predicted octanol–water partition coefficient (Wildman–Crippen LogP) is 1.33. The fourth-order valence-electron chi connectivity index (χ4n) is 2.74. The van der Waals surface area contributed by atoms with Crippen LogP contribution in [0.3, 0.4) is 0 Å². The first-order chi connectivity index (χ1) is 9.13. The van der Waals surface area contributed by atoms with E-state index in [0.717, 1.165) is 0 Å². The number of nitrogens with one attached hydrogen (secondary N) is 2. The van der Waals surface area contributed by atoms with Crippen LogP contribution in [0.1, 0.15) is 27.7 Å². The molecule has 7 heteroatoms. The second-order valence-corrected chi connectivity index (χ2v) is 8.14. The minimum absolute atomic E-state index is 0.146. The minimum Gasteiger partial charge on any atom is -0.308 e. The molecule has 1 aliphatic rings. The number of rotatable bonds is 5. The van der Waals surface area contributed by atoms with E-state index in [1.54, 1.807) is 0 Å². The van der Waals surface area contributed by atoms with Gasteiger partial charge in [-0.25, -0.2) is 24.0 Å². The van der Waals surface area contributed by atoms with Crippen molar-refractivity contribution >= 4 is 15.8 Å². The summed E-state index contributed by atoms with van der Waals surface area (Å²) in [7, 11) is -3.52. The molecule has 0 unspecified atom stereocenters. The van der Waals surface area contributed by atoms with E-state index >= 15 is 0 Å². The summed E-state index contributed by atoms with van der Waals surface area (Å²) in [5.74, 6) is 5.96. The van der Waals surface area contributed by atoms with Crippen LogP contribution in [0.15, 0.2) is 23.2 Å². The lowest BCUT2D eigenvalue weighted by molar-refractivity contribution is 0.457. The highest BCUT2D eigenvalue weighted by Crippen LogP contribution is 2.67. The maximum absolute atomic E-state index is 12.2. The lowest BCUT2D eigenvalue weighted by Gasteiger charge is -2.08. The average molecular weight is 298 g/mol. The van der Waals surface area contributed by atoms with Gasteiger partial charge < -0.3 is 5.43 Å². The SMILES string of the molecule is CC1(C)C(CNS(=O)(=O)c2ccc(NN)nc2)C1(C)C. The fourth-order valence-corrected chi connectivity index (χ4v) is 3.74. The molecule has 2 rings (SSSR count). The quantitative estimate of drug-likeness (QED) is 0.563. The molecule has 0 amide bonds. The van der Waals surface area contributed by atoms with Crippen molar-refractivity contribution in [2.45, 2.75) is 32.6 Å². The molecule has 1 aromatic heterocycles. The van der Waals surface area contributed by atoms with E-state index in [2.05, 4.69) is 42.8 Å². The van der Waals surface area contributed by atoms with Crippen molar-refractivity contribution < 1.29 is 8.42 Å². The van der Waals surface area contributed by atoms with Gasteiger partial charge in [-0.3, -0.25) is 0 Å². The van der Waals surface area contributed by atoms with Crippen LogP contribution in [-0.4, -0.2) is 19.9 Å². The van der Waals surface area contributed by atoms with Gasteiger partial charge in [0.15, 0.2) is 0 Å². The summed E-state index contributed by atoms with van der Waals surface area (Å²) < 4.78 is 27.0. The summed E-state index contributed by atoms with van der Waals surface area (Å²) in [4.78, 5) is 4.05. The normalized spacial score (nSPS) is 20.6. The van der Waals surface area contributed by atoms with Crippen LogP contribution in [0, 0.1) is 16.7 Å². The first kappa shape index (κ1) is 15.2. The van der Waals surface area contributed by atoms with E-state index in [9.17, 15) is 8.42 Å². The lowest BCUT2D eigenvalue weighted by atomic mass is 10.0. The largest absolute Gasteiger partial charge is 0.308 e. The minimum atomic E-state index is -3.52. The fraction of sp³-hybridized carbons (Fsp3) is 0.615. The number of aromatic nitrogens is 1. The molecule has 20 heavy (non-hydrogen) atoms. The van der Waals surface area contributed by atoms with Gasteiger partial charge in [-0.15, -0.1) is 0 Å². The number of nitrogen functional groups attached to an aromatic ring is 1. The van der Waals surface area contributed by atoms with Crippen molar-refractivity contribution in [2.75, 3.05) is 12.0 Å². The zero-order valence-electron chi connectivity index (χ0n) is 12.3. The number of hydrazine groups is 1. The molecule has 1 aliphatic carbocycles. The standard InChI is InChI=1S/C13H22N4O2S/c1-12(2)10(13(12,3)4)8-16-20(18,19)9-5-6-11(17-14)15-7-9/h5-7,10,16H,8,14H2,1-4H3,(H,15,17). The summed E-state index contributed by atoms with van der Waals surface area (Å²) in [6.45, 7) is 9.09. The van der Waals surface area contributed by atoms with Crippen molar-refractivity contribution in [2.24, 2.45) is 22.6 Å². The van der Waals surface area contributed by atoms with Crippen LogP contribution in [0.2, 0.25) is 0 Å². The lowest BCUT2D eigenvalue weighted by Crippen LogP contribution is -2.27. The first-order valence-corrected chi connectivity index (χ1v) is 8.03. The zero-order valence-corrected chi connectivity index (χ0v) is 13.1. The first-order valence-electron chi connectivity index (χ1n) is 6.55. The second-order valence-electron chi connectivity index (χ2n) is 6.37. The molecule has 1 saturated carbocycles. The monoisotopic (exact) mass is 298 g/mol. The van der Waals surface area contributed by atoms with Crippen molar-refractivity contribution in [3.8, 4) is 0 Å². The van der Waals surface area contributed by atoms with Gasteiger partial charge in [0, 0.05) is 12.7 Å². The average Bonchev–Trinajstić information content (AvgIpc) is 2.77. The van der Waals surface area contributed by atoms with E-state index in [1.807, 2.05) is 0 Å². The highest BCUT2D eigenvalue weighted by molar-refractivity contribution is 7.89. The van der Waals surface area contributed by atoms with Gasteiger partial charge in [-0.05, 0) is 28.9 Å². The summed E-state index contributed by atoms with van der Waals surface area (Å²) in [6, 6.07) is 3.01. The topological polar surface area (TPSA) is 97.1 Å². The second kappa shape index (κ2) is 4.68. The third-order valence-corrected chi connectivity index (χ3v) is 6.40. The third kappa shape index (κ3) is 2.41. The van der Waals surface area contributed by atoms with Crippen molar-refractivity contribution in [3.05, 3.63) is 18.3 Å². The van der Waals surface area contributed by atoms with E-state index in [1.165, 1.54) is 18.3 Å². The Morgan fingerprint density at radius 1 is 1.25 bits per heavy atom. The van der Waals surface area contributed by atoms with Crippen LogP contribution < -0.4 is 16.0 Å². The number of pyridine rings is 1. The predicted molar refractivity (Wildman–Crippen MR) is 78.3 cm³/mol. The van der Waals surface area contributed by atoms with Gasteiger partial charge in [-0.1, -0.05) is 27.7 Å². The molecule has 0 aliphatic heterocycles. The van der Waals surface area contributed by atoms with Gasteiger partial charge >= 0.3 is 0 Å². The highest BCUT2D eigenvalue weighted by Gasteiger charge is 2.64. The van der Waals surface area contributed by atoms with Gasteiger partial charge in [0.05, 0.1) is 0 Å². The molecule has 1 heterocycles. The maximum atomic E-state index is 12.2. The van der Waals surface area contributed by atoms with Gasteiger partial charge in [0.25, 0.3) is 0 Å². The number of hydrogen-bond donors (Lipinski definition) is 3. The Bertz CT molecular complexity index is 579.